The van der Waals surface area contributed by atoms with Gasteiger partial charge in [0.1, 0.15) is 11.5 Å². The van der Waals surface area contributed by atoms with Crippen LogP contribution in [-0.2, 0) is 4.79 Å². The van der Waals surface area contributed by atoms with Crippen molar-refractivity contribution in [1.82, 2.24) is 14.6 Å². The molecule has 2 heterocycles. The minimum atomic E-state index is -0.396. The molecule has 0 saturated heterocycles. The smallest absolute Gasteiger partial charge is 0.308 e. The van der Waals surface area contributed by atoms with Crippen LogP contribution in [0.15, 0.2) is 53.3 Å². The largest absolute Gasteiger partial charge is 0.491 e. The number of ether oxygens (including phenoxy) is 2. The third-order valence-corrected chi connectivity index (χ3v) is 5.04. The predicted octanol–water partition coefficient (Wildman–Crippen LogP) is 3.08. The topological polar surface area (TPSA) is 82.8 Å². The molecule has 0 unspecified atom stereocenters. The van der Waals surface area contributed by atoms with Crippen molar-refractivity contribution in [1.29, 1.82) is 0 Å². The van der Waals surface area contributed by atoms with Crippen LogP contribution in [-0.4, -0.2) is 26.7 Å². The van der Waals surface area contributed by atoms with E-state index in [0.717, 1.165) is 16.9 Å². The van der Waals surface area contributed by atoms with E-state index >= 15 is 0 Å². The summed E-state index contributed by atoms with van der Waals surface area (Å²) in [4.78, 5) is 28.9. The van der Waals surface area contributed by atoms with Crippen LogP contribution < -0.4 is 19.6 Å². The van der Waals surface area contributed by atoms with E-state index < -0.39 is 5.97 Å². The molecule has 30 heavy (non-hydrogen) atoms. The number of hydrogen-bond acceptors (Lipinski definition) is 7. The highest BCUT2D eigenvalue weighted by Gasteiger charge is 2.12. The first-order valence-electron chi connectivity index (χ1n) is 9.36. The third kappa shape index (κ3) is 4.23. The van der Waals surface area contributed by atoms with Gasteiger partial charge in [-0.2, -0.15) is 9.50 Å². The molecule has 0 saturated carbocycles. The van der Waals surface area contributed by atoms with Crippen molar-refractivity contribution in [3.05, 3.63) is 69.0 Å². The van der Waals surface area contributed by atoms with E-state index in [4.69, 9.17) is 9.47 Å². The number of carbonyl (C=O) groups is 1. The maximum absolute atomic E-state index is 12.7. The Labute approximate surface area is 176 Å². The zero-order valence-electron chi connectivity index (χ0n) is 16.7. The number of thiazole rings is 1. The number of fused-ring (bicyclic) bond motifs is 1. The zero-order chi connectivity index (χ0) is 21.3. The molecule has 0 spiro atoms. The number of aromatic nitrogens is 3. The summed E-state index contributed by atoms with van der Waals surface area (Å²) in [6, 6.07) is 14.4. The predicted molar refractivity (Wildman–Crippen MR) is 115 cm³/mol. The van der Waals surface area contributed by atoms with E-state index in [-0.39, 0.29) is 11.7 Å². The van der Waals surface area contributed by atoms with Gasteiger partial charge in [0.15, 0.2) is 5.82 Å². The van der Waals surface area contributed by atoms with E-state index in [9.17, 15) is 9.59 Å². The highest BCUT2D eigenvalue weighted by Crippen LogP contribution is 2.21. The van der Waals surface area contributed by atoms with Gasteiger partial charge < -0.3 is 9.47 Å². The Morgan fingerprint density at radius 1 is 1.13 bits per heavy atom. The van der Waals surface area contributed by atoms with Gasteiger partial charge in [-0.25, -0.2) is 0 Å². The molecular weight excluding hydrogens is 402 g/mol. The second-order valence-corrected chi connectivity index (χ2v) is 7.91. The Balaban J connectivity index is 1.65. The maximum Gasteiger partial charge on any atom is 0.308 e. The van der Waals surface area contributed by atoms with Crippen molar-refractivity contribution in [3.8, 4) is 22.9 Å². The molecule has 0 bridgehead atoms. The molecule has 7 nitrogen and oxygen atoms in total. The molecule has 2 aromatic heterocycles. The quantitative estimate of drug-likeness (QED) is 0.364. The Morgan fingerprint density at radius 2 is 1.90 bits per heavy atom. The number of nitrogens with zero attached hydrogens (tertiary/aromatic N) is 3. The summed E-state index contributed by atoms with van der Waals surface area (Å²) < 4.78 is 12.5. The highest BCUT2D eigenvalue weighted by atomic mass is 32.1. The van der Waals surface area contributed by atoms with Crippen LogP contribution in [0.1, 0.15) is 26.3 Å². The molecule has 0 aliphatic carbocycles. The Kier molecular flexibility index (Phi) is 5.33. The second-order valence-electron chi connectivity index (χ2n) is 6.90. The van der Waals surface area contributed by atoms with Crippen molar-refractivity contribution >= 4 is 28.3 Å². The molecule has 4 aromatic rings. The Morgan fingerprint density at radius 3 is 2.57 bits per heavy atom. The van der Waals surface area contributed by atoms with Crippen molar-refractivity contribution in [3.63, 3.8) is 0 Å². The number of hydrogen-bond donors (Lipinski definition) is 0. The van der Waals surface area contributed by atoms with Gasteiger partial charge in [0, 0.05) is 12.5 Å². The molecule has 152 valence electrons. The lowest BCUT2D eigenvalue weighted by Gasteiger charge is -2.09. The Hall–Kier alpha value is -3.52. The van der Waals surface area contributed by atoms with Crippen molar-refractivity contribution in [2.45, 2.75) is 26.9 Å². The molecule has 4 rings (SSSR count). The first-order valence-corrected chi connectivity index (χ1v) is 10.2. The minimum Gasteiger partial charge on any atom is -0.491 e. The summed E-state index contributed by atoms with van der Waals surface area (Å²) in [6.45, 7) is 5.28. The van der Waals surface area contributed by atoms with Crippen molar-refractivity contribution in [2.24, 2.45) is 0 Å². The van der Waals surface area contributed by atoms with Crippen LogP contribution in [0.4, 0.5) is 0 Å². The number of esters is 1. The standard InChI is InChI=1S/C22H19N3O4S/c1-13(2)28-17-9-7-16(8-10-17)20-23-22-25(24-20)21(27)19(30-22)12-15-5-4-6-18(11-15)29-14(3)26/h4-13H,1-3H3. The molecule has 0 aliphatic heterocycles. The number of rotatable bonds is 5. The normalized spacial score (nSPS) is 11.9. The van der Waals surface area contributed by atoms with Gasteiger partial charge >= 0.3 is 5.97 Å². The van der Waals surface area contributed by atoms with E-state index in [1.165, 1.54) is 22.8 Å². The molecular formula is C22H19N3O4S. The molecule has 0 aliphatic rings. The van der Waals surface area contributed by atoms with Crippen molar-refractivity contribution in [2.75, 3.05) is 0 Å². The molecule has 0 atom stereocenters. The maximum atomic E-state index is 12.7. The van der Waals surface area contributed by atoms with Crippen LogP contribution in [0.5, 0.6) is 11.5 Å². The number of benzene rings is 2. The van der Waals surface area contributed by atoms with Gasteiger partial charge in [-0.3, -0.25) is 9.59 Å². The van der Waals surface area contributed by atoms with Crippen LogP contribution in [0, 0.1) is 0 Å². The van der Waals surface area contributed by atoms with E-state index in [2.05, 4.69) is 10.1 Å². The van der Waals surface area contributed by atoms with Crippen LogP contribution in [0.2, 0.25) is 0 Å². The van der Waals surface area contributed by atoms with Crippen LogP contribution >= 0.6 is 11.3 Å². The lowest BCUT2D eigenvalue weighted by atomic mass is 10.2. The zero-order valence-corrected chi connectivity index (χ0v) is 17.5. The average molecular weight is 421 g/mol. The van der Waals surface area contributed by atoms with Gasteiger partial charge in [-0.05, 0) is 61.9 Å². The van der Waals surface area contributed by atoms with E-state index in [1.807, 2.05) is 44.2 Å². The lowest BCUT2D eigenvalue weighted by Crippen LogP contribution is -2.23. The van der Waals surface area contributed by atoms with Gasteiger partial charge in [-0.15, -0.1) is 5.10 Å². The van der Waals surface area contributed by atoms with Gasteiger partial charge in [0.25, 0.3) is 5.56 Å². The molecule has 8 heteroatoms. The first-order chi connectivity index (χ1) is 14.4. The number of carbonyl (C=O) groups excluding carboxylic acids is 1. The van der Waals surface area contributed by atoms with Crippen molar-refractivity contribution < 1.29 is 14.3 Å². The minimum absolute atomic E-state index is 0.0966. The van der Waals surface area contributed by atoms with Gasteiger partial charge in [-0.1, -0.05) is 23.5 Å². The average Bonchev–Trinajstić information content (AvgIpc) is 3.22. The summed E-state index contributed by atoms with van der Waals surface area (Å²) in [5.74, 6) is 1.28. The second kappa shape index (κ2) is 8.08. The Bertz CT molecular complexity index is 1320. The summed E-state index contributed by atoms with van der Waals surface area (Å²) in [5, 5.41) is 4.37. The van der Waals surface area contributed by atoms with E-state index in [0.29, 0.717) is 21.1 Å². The summed E-state index contributed by atoms with van der Waals surface area (Å²) >= 11 is 1.25. The molecule has 0 amide bonds. The van der Waals surface area contributed by atoms with Crippen LogP contribution in [0.3, 0.4) is 0 Å². The van der Waals surface area contributed by atoms with Gasteiger partial charge in [0.2, 0.25) is 4.96 Å². The van der Waals surface area contributed by atoms with E-state index in [1.54, 1.807) is 24.3 Å². The fourth-order valence-electron chi connectivity index (χ4n) is 2.90. The fourth-order valence-corrected chi connectivity index (χ4v) is 3.80. The highest BCUT2D eigenvalue weighted by molar-refractivity contribution is 7.15. The molecule has 0 radical (unpaired) electrons. The molecule has 0 N–H and O–H groups in total. The first kappa shape index (κ1) is 19.8. The molecule has 2 aromatic carbocycles. The third-order valence-electron chi connectivity index (χ3n) is 4.08. The lowest BCUT2D eigenvalue weighted by molar-refractivity contribution is -0.131. The van der Waals surface area contributed by atoms with Gasteiger partial charge in [0.05, 0.1) is 10.6 Å². The summed E-state index contributed by atoms with van der Waals surface area (Å²) in [6.07, 6.45) is 1.83. The summed E-state index contributed by atoms with van der Waals surface area (Å²) in [5.41, 5.74) is 1.31. The van der Waals surface area contributed by atoms with Crippen LogP contribution in [0.25, 0.3) is 22.4 Å². The SMILES string of the molecule is CC(=O)Oc1cccc(C=c2sc3nc(-c4ccc(OC(C)C)cc4)nn3c2=O)c1. The monoisotopic (exact) mass is 421 g/mol. The summed E-state index contributed by atoms with van der Waals surface area (Å²) in [7, 11) is 0. The fraction of sp³-hybridized carbons (Fsp3) is 0.182. The molecule has 0 fully saturated rings.